The van der Waals surface area contributed by atoms with E-state index < -0.39 is 5.54 Å². The lowest BCUT2D eigenvalue weighted by Gasteiger charge is -2.42. The molecule has 0 saturated heterocycles. The van der Waals surface area contributed by atoms with Gasteiger partial charge < -0.3 is 0 Å². The summed E-state index contributed by atoms with van der Waals surface area (Å²) in [5.74, 6) is 0.0838. The Bertz CT molecular complexity index is 453. The molecule has 0 radical (unpaired) electrons. The molecule has 16 heavy (non-hydrogen) atoms. The second-order valence-electron chi connectivity index (χ2n) is 4.94. The average Bonchev–Trinajstić information content (AvgIpc) is 2.24. The van der Waals surface area contributed by atoms with E-state index in [1.54, 1.807) is 4.42 Å². The third-order valence-electron chi connectivity index (χ3n) is 3.42. The van der Waals surface area contributed by atoms with Gasteiger partial charge >= 0.3 is 0 Å². The van der Waals surface area contributed by atoms with Crippen molar-refractivity contribution in [3.05, 3.63) is 29.3 Å². The molecule has 1 aliphatic heterocycles. The van der Waals surface area contributed by atoms with Crippen molar-refractivity contribution < 1.29 is 4.79 Å². The van der Waals surface area contributed by atoms with Crippen molar-refractivity contribution in [3.63, 3.8) is 0 Å². The van der Waals surface area contributed by atoms with Gasteiger partial charge in [-0.1, -0.05) is 25.1 Å². The second kappa shape index (κ2) is 3.49. The van der Waals surface area contributed by atoms with Crippen LogP contribution in [0.4, 0.5) is 5.69 Å². The molecule has 0 aromatic heterocycles. The molecule has 1 aromatic carbocycles. The minimum atomic E-state index is -0.639. The van der Waals surface area contributed by atoms with Gasteiger partial charge in [-0.05, 0) is 31.9 Å². The summed E-state index contributed by atoms with van der Waals surface area (Å²) in [6, 6.07) is 5.98. The highest BCUT2D eigenvalue weighted by molar-refractivity contribution is 6.30. The highest BCUT2D eigenvalue weighted by Crippen LogP contribution is 2.43. The van der Waals surface area contributed by atoms with E-state index in [2.05, 4.69) is 0 Å². The SMILES string of the molecule is Cc1cccc2c1N(Cl)C(C)(C)C(=O)C2C. The Morgan fingerprint density at radius 3 is 2.62 bits per heavy atom. The van der Waals surface area contributed by atoms with Crippen LogP contribution in [0.1, 0.15) is 37.8 Å². The van der Waals surface area contributed by atoms with E-state index in [1.807, 2.05) is 45.9 Å². The summed E-state index contributed by atoms with van der Waals surface area (Å²) >= 11 is 6.32. The van der Waals surface area contributed by atoms with Crippen LogP contribution in [-0.4, -0.2) is 11.3 Å². The van der Waals surface area contributed by atoms with Gasteiger partial charge in [0.1, 0.15) is 5.54 Å². The molecule has 86 valence electrons. The normalized spacial score (nSPS) is 23.2. The first-order chi connectivity index (χ1) is 7.37. The van der Waals surface area contributed by atoms with Crippen molar-refractivity contribution in [2.45, 2.75) is 39.2 Å². The van der Waals surface area contributed by atoms with Crippen LogP contribution in [-0.2, 0) is 4.79 Å². The number of ketones is 1. The zero-order valence-corrected chi connectivity index (χ0v) is 10.8. The summed E-state index contributed by atoms with van der Waals surface area (Å²) in [4.78, 5) is 12.2. The number of fused-ring (bicyclic) bond motifs is 1. The molecule has 2 rings (SSSR count). The quantitative estimate of drug-likeness (QED) is 0.645. The lowest BCUT2D eigenvalue weighted by Crippen LogP contribution is -2.51. The minimum absolute atomic E-state index is 0.0834. The number of halogens is 1. The second-order valence-corrected chi connectivity index (χ2v) is 5.28. The molecule has 1 heterocycles. The maximum absolute atomic E-state index is 12.2. The Kier molecular flexibility index (Phi) is 2.50. The number of Topliss-reactive ketones (excluding diaryl/α,β-unsaturated/α-hetero) is 1. The molecule has 1 aromatic rings. The number of rotatable bonds is 0. The van der Waals surface area contributed by atoms with Crippen molar-refractivity contribution in [2.75, 3.05) is 4.42 Å². The summed E-state index contributed by atoms with van der Waals surface area (Å²) in [7, 11) is 0. The number of carbonyl (C=O) groups is 1. The zero-order valence-electron chi connectivity index (χ0n) is 10.0. The monoisotopic (exact) mass is 237 g/mol. The highest BCUT2D eigenvalue weighted by atomic mass is 35.5. The number of hydrogen-bond donors (Lipinski definition) is 0. The number of anilines is 1. The van der Waals surface area contributed by atoms with Crippen LogP contribution in [0.15, 0.2) is 18.2 Å². The molecule has 0 amide bonds. The molecule has 0 spiro atoms. The predicted molar refractivity (Wildman–Crippen MR) is 67.0 cm³/mol. The molecular weight excluding hydrogens is 222 g/mol. The maximum Gasteiger partial charge on any atom is 0.166 e. The molecule has 1 unspecified atom stereocenters. The standard InChI is InChI=1S/C13H16ClNO/c1-8-6-5-7-10-9(2)12(16)13(3,4)15(14)11(8)10/h5-7,9H,1-4H3. The predicted octanol–water partition coefficient (Wildman–Crippen LogP) is 3.42. The summed E-state index contributed by atoms with van der Waals surface area (Å²) in [6.07, 6.45) is 0. The zero-order chi connectivity index (χ0) is 12.1. The first-order valence-electron chi connectivity index (χ1n) is 5.47. The van der Waals surface area contributed by atoms with Gasteiger partial charge in [-0.3, -0.25) is 9.21 Å². The fraction of sp³-hybridized carbons (Fsp3) is 0.462. The molecule has 0 saturated carbocycles. The molecule has 0 bridgehead atoms. The van der Waals surface area contributed by atoms with Gasteiger partial charge in [0.2, 0.25) is 0 Å². The van der Waals surface area contributed by atoms with Crippen LogP contribution in [0.2, 0.25) is 0 Å². The smallest absolute Gasteiger partial charge is 0.166 e. The van der Waals surface area contributed by atoms with Gasteiger partial charge in [0.15, 0.2) is 5.78 Å². The largest absolute Gasteiger partial charge is 0.296 e. The first-order valence-corrected chi connectivity index (χ1v) is 5.81. The van der Waals surface area contributed by atoms with Gasteiger partial charge in [-0.25, -0.2) is 0 Å². The van der Waals surface area contributed by atoms with Gasteiger partial charge in [-0.15, -0.1) is 0 Å². The van der Waals surface area contributed by atoms with Crippen LogP contribution in [0, 0.1) is 6.92 Å². The van der Waals surface area contributed by atoms with E-state index in [0.717, 1.165) is 16.8 Å². The highest BCUT2D eigenvalue weighted by Gasteiger charge is 2.43. The topological polar surface area (TPSA) is 20.3 Å². The maximum atomic E-state index is 12.2. The number of carbonyl (C=O) groups excluding carboxylic acids is 1. The molecule has 0 fully saturated rings. The number of para-hydroxylation sites is 1. The van der Waals surface area contributed by atoms with Crippen LogP contribution in [0.5, 0.6) is 0 Å². The summed E-state index contributed by atoms with van der Waals surface area (Å²) in [6.45, 7) is 7.71. The van der Waals surface area contributed by atoms with Crippen LogP contribution < -0.4 is 4.42 Å². The Hall–Kier alpha value is -1.02. The molecular formula is C13H16ClNO. The molecule has 1 aliphatic rings. The Labute approximate surface area is 101 Å². The van der Waals surface area contributed by atoms with Crippen molar-refractivity contribution >= 4 is 23.2 Å². The van der Waals surface area contributed by atoms with Crippen molar-refractivity contribution in [1.82, 2.24) is 0 Å². The van der Waals surface area contributed by atoms with Crippen LogP contribution in [0.25, 0.3) is 0 Å². The fourth-order valence-corrected chi connectivity index (χ4v) is 2.66. The average molecular weight is 238 g/mol. The van der Waals surface area contributed by atoms with Crippen molar-refractivity contribution in [2.24, 2.45) is 0 Å². The Balaban J connectivity index is 2.70. The van der Waals surface area contributed by atoms with E-state index >= 15 is 0 Å². The van der Waals surface area contributed by atoms with Crippen LogP contribution >= 0.6 is 11.8 Å². The van der Waals surface area contributed by atoms with E-state index in [1.165, 1.54) is 0 Å². The Morgan fingerprint density at radius 2 is 2.00 bits per heavy atom. The van der Waals surface area contributed by atoms with Gasteiger partial charge in [0, 0.05) is 17.7 Å². The third-order valence-corrected chi connectivity index (χ3v) is 4.01. The fourth-order valence-electron chi connectivity index (χ4n) is 2.35. The van der Waals surface area contributed by atoms with Gasteiger partial charge in [0.25, 0.3) is 0 Å². The van der Waals surface area contributed by atoms with Crippen molar-refractivity contribution in [3.8, 4) is 0 Å². The van der Waals surface area contributed by atoms with Crippen molar-refractivity contribution in [1.29, 1.82) is 0 Å². The van der Waals surface area contributed by atoms with Crippen LogP contribution in [0.3, 0.4) is 0 Å². The van der Waals surface area contributed by atoms with Gasteiger partial charge in [-0.2, -0.15) is 0 Å². The van der Waals surface area contributed by atoms with E-state index in [4.69, 9.17) is 11.8 Å². The van der Waals surface area contributed by atoms with E-state index in [0.29, 0.717) is 0 Å². The number of benzene rings is 1. The number of aryl methyl sites for hydroxylation is 1. The lowest BCUT2D eigenvalue weighted by molar-refractivity contribution is -0.124. The molecule has 3 heteroatoms. The Morgan fingerprint density at radius 1 is 1.38 bits per heavy atom. The number of hydrogen-bond acceptors (Lipinski definition) is 2. The third kappa shape index (κ3) is 1.36. The number of nitrogens with zero attached hydrogens (tertiary/aromatic N) is 1. The van der Waals surface area contributed by atoms with E-state index in [9.17, 15) is 4.79 Å². The molecule has 0 N–H and O–H groups in total. The molecule has 0 aliphatic carbocycles. The summed E-state index contributed by atoms with van der Waals surface area (Å²) in [5, 5.41) is 0. The van der Waals surface area contributed by atoms with Gasteiger partial charge in [0.05, 0.1) is 5.69 Å². The minimum Gasteiger partial charge on any atom is -0.296 e. The van der Waals surface area contributed by atoms with E-state index in [-0.39, 0.29) is 11.7 Å². The lowest BCUT2D eigenvalue weighted by atomic mass is 9.79. The summed E-state index contributed by atoms with van der Waals surface area (Å²) < 4.78 is 1.58. The summed E-state index contributed by atoms with van der Waals surface area (Å²) in [5.41, 5.74) is 2.49. The molecule has 1 atom stereocenters. The molecule has 2 nitrogen and oxygen atoms in total. The first kappa shape index (κ1) is 11.5.